The van der Waals surface area contributed by atoms with Gasteiger partial charge in [0, 0.05) is 18.8 Å². The molecule has 100 valence electrons. The number of oxime groups is 1. The summed E-state index contributed by atoms with van der Waals surface area (Å²) in [4.78, 5) is 0. The molecule has 0 amide bonds. The molecule has 19 heavy (non-hydrogen) atoms. The fourth-order valence-corrected chi connectivity index (χ4v) is 1.80. The minimum Gasteiger partial charge on any atom is -0.487 e. The van der Waals surface area contributed by atoms with E-state index < -0.39 is 0 Å². The van der Waals surface area contributed by atoms with Crippen molar-refractivity contribution in [2.75, 3.05) is 0 Å². The Kier molecular flexibility index (Phi) is 3.85. The van der Waals surface area contributed by atoms with E-state index in [0.29, 0.717) is 18.1 Å². The van der Waals surface area contributed by atoms with Gasteiger partial charge in [-0.1, -0.05) is 16.8 Å². The zero-order valence-corrected chi connectivity index (χ0v) is 11.3. The first-order valence-corrected chi connectivity index (χ1v) is 6.01. The van der Waals surface area contributed by atoms with Crippen molar-refractivity contribution in [1.82, 2.24) is 9.78 Å². The molecule has 1 N–H and O–H groups in total. The number of nitrogens with zero attached hydrogens (tertiary/aromatic N) is 3. The second kappa shape index (κ2) is 5.56. The third-order valence-corrected chi connectivity index (χ3v) is 2.82. The van der Waals surface area contributed by atoms with Crippen LogP contribution in [0.3, 0.4) is 0 Å². The van der Waals surface area contributed by atoms with Gasteiger partial charge < -0.3 is 9.94 Å². The Morgan fingerprint density at radius 1 is 1.42 bits per heavy atom. The molecular formula is C14H17N3O2. The SMILES string of the molecule is C/C(=N/O)c1cc(C)ccc1OCc1ccn(C)n1. The molecule has 0 aliphatic carbocycles. The molecule has 2 aromatic rings. The topological polar surface area (TPSA) is 59.6 Å². The highest BCUT2D eigenvalue weighted by atomic mass is 16.5. The highest BCUT2D eigenvalue weighted by Gasteiger charge is 2.09. The van der Waals surface area contributed by atoms with Gasteiger partial charge in [0.2, 0.25) is 0 Å². The van der Waals surface area contributed by atoms with Crippen molar-refractivity contribution >= 4 is 5.71 Å². The van der Waals surface area contributed by atoms with Gasteiger partial charge in [-0.15, -0.1) is 0 Å². The maximum atomic E-state index is 8.91. The summed E-state index contributed by atoms with van der Waals surface area (Å²) < 4.78 is 7.48. The van der Waals surface area contributed by atoms with Crippen molar-refractivity contribution in [3.63, 3.8) is 0 Å². The van der Waals surface area contributed by atoms with Crippen molar-refractivity contribution in [2.45, 2.75) is 20.5 Å². The van der Waals surface area contributed by atoms with Crippen molar-refractivity contribution < 1.29 is 9.94 Å². The average Bonchev–Trinajstić information content (AvgIpc) is 2.82. The van der Waals surface area contributed by atoms with E-state index in [1.807, 2.05) is 44.4 Å². The van der Waals surface area contributed by atoms with Crippen LogP contribution >= 0.6 is 0 Å². The zero-order chi connectivity index (χ0) is 13.8. The third-order valence-electron chi connectivity index (χ3n) is 2.82. The smallest absolute Gasteiger partial charge is 0.132 e. The molecule has 0 saturated heterocycles. The summed E-state index contributed by atoms with van der Waals surface area (Å²) in [6, 6.07) is 7.67. The third kappa shape index (κ3) is 3.13. The van der Waals surface area contributed by atoms with Gasteiger partial charge in [0.05, 0.1) is 11.4 Å². The van der Waals surface area contributed by atoms with Gasteiger partial charge in [-0.25, -0.2) is 0 Å². The lowest BCUT2D eigenvalue weighted by atomic mass is 10.1. The van der Waals surface area contributed by atoms with Crippen molar-refractivity contribution in [2.24, 2.45) is 12.2 Å². The molecule has 0 fully saturated rings. The Bertz CT molecular complexity index is 602. The molecule has 0 spiro atoms. The number of aryl methyl sites for hydroxylation is 2. The van der Waals surface area contributed by atoms with Gasteiger partial charge in [-0.05, 0) is 32.0 Å². The standard InChI is InChI=1S/C14H17N3O2/c1-10-4-5-14(13(8-10)11(2)16-18)19-9-12-6-7-17(3)15-12/h4-8,18H,9H2,1-3H3/b16-11-. The minimum absolute atomic E-state index is 0.385. The number of ether oxygens (including phenoxy) is 1. The summed E-state index contributed by atoms with van der Waals surface area (Å²) in [6.07, 6.45) is 1.87. The van der Waals surface area contributed by atoms with Crippen LogP contribution < -0.4 is 4.74 Å². The van der Waals surface area contributed by atoms with Gasteiger partial charge in [0.15, 0.2) is 0 Å². The second-order valence-corrected chi connectivity index (χ2v) is 4.45. The highest BCUT2D eigenvalue weighted by Crippen LogP contribution is 2.22. The van der Waals surface area contributed by atoms with E-state index in [4.69, 9.17) is 9.94 Å². The lowest BCUT2D eigenvalue weighted by Crippen LogP contribution is -2.04. The first kappa shape index (κ1) is 13.1. The summed E-state index contributed by atoms with van der Waals surface area (Å²) in [5, 5.41) is 16.4. The molecule has 1 heterocycles. The van der Waals surface area contributed by atoms with Crippen LogP contribution in [0.2, 0.25) is 0 Å². The summed E-state index contributed by atoms with van der Waals surface area (Å²) in [6.45, 7) is 4.11. The van der Waals surface area contributed by atoms with Crippen LogP contribution in [0.1, 0.15) is 23.7 Å². The molecule has 1 aromatic carbocycles. The number of hydrogen-bond donors (Lipinski definition) is 1. The molecule has 0 saturated carbocycles. The maximum Gasteiger partial charge on any atom is 0.132 e. The monoisotopic (exact) mass is 259 g/mol. The molecule has 0 radical (unpaired) electrons. The summed E-state index contributed by atoms with van der Waals surface area (Å²) >= 11 is 0. The van der Waals surface area contributed by atoms with Gasteiger partial charge >= 0.3 is 0 Å². The van der Waals surface area contributed by atoms with Gasteiger partial charge in [-0.3, -0.25) is 4.68 Å². The molecule has 1 aromatic heterocycles. The van der Waals surface area contributed by atoms with Crippen LogP contribution in [0.5, 0.6) is 5.75 Å². The molecule has 5 nitrogen and oxygen atoms in total. The first-order chi connectivity index (χ1) is 9.10. The number of aromatic nitrogens is 2. The molecule has 0 unspecified atom stereocenters. The van der Waals surface area contributed by atoms with Crippen molar-refractivity contribution in [3.05, 3.63) is 47.3 Å². The molecule has 0 aliphatic rings. The first-order valence-electron chi connectivity index (χ1n) is 6.01. The Morgan fingerprint density at radius 3 is 2.84 bits per heavy atom. The predicted molar refractivity (Wildman–Crippen MR) is 72.7 cm³/mol. The molecule has 5 heteroatoms. The molecule has 0 bridgehead atoms. The molecule has 2 rings (SSSR count). The van der Waals surface area contributed by atoms with Crippen LogP contribution in [0.4, 0.5) is 0 Å². The summed E-state index contributed by atoms with van der Waals surface area (Å²) in [5.74, 6) is 0.687. The largest absolute Gasteiger partial charge is 0.487 e. The summed E-state index contributed by atoms with van der Waals surface area (Å²) in [7, 11) is 1.86. The van der Waals surface area contributed by atoms with E-state index in [0.717, 1.165) is 16.8 Å². The van der Waals surface area contributed by atoms with Gasteiger partial charge in [0.25, 0.3) is 0 Å². The fraction of sp³-hybridized carbons (Fsp3) is 0.286. The predicted octanol–water partition coefficient (Wildman–Crippen LogP) is 2.51. The number of rotatable bonds is 4. The van der Waals surface area contributed by atoms with Crippen molar-refractivity contribution in [1.29, 1.82) is 0 Å². The molecule has 0 atom stereocenters. The molecule has 0 aliphatic heterocycles. The van der Waals surface area contributed by atoms with E-state index in [1.54, 1.807) is 11.6 Å². The Labute approximate surface area is 112 Å². The normalized spacial score (nSPS) is 11.6. The second-order valence-electron chi connectivity index (χ2n) is 4.45. The lowest BCUT2D eigenvalue weighted by molar-refractivity contribution is 0.298. The summed E-state index contributed by atoms with van der Waals surface area (Å²) in [5.41, 5.74) is 3.26. The minimum atomic E-state index is 0.385. The van der Waals surface area contributed by atoms with E-state index in [9.17, 15) is 0 Å². The Hall–Kier alpha value is -2.30. The van der Waals surface area contributed by atoms with E-state index in [1.165, 1.54) is 0 Å². The van der Waals surface area contributed by atoms with Crippen LogP contribution in [0, 0.1) is 6.92 Å². The number of hydrogen-bond acceptors (Lipinski definition) is 4. The van der Waals surface area contributed by atoms with Crippen LogP contribution in [0.25, 0.3) is 0 Å². The molecular weight excluding hydrogens is 242 g/mol. The van der Waals surface area contributed by atoms with Gasteiger partial charge in [0.1, 0.15) is 12.4 Å². The Balaban J connectivity index is 2.20. The zero-order valence-electron chi connectivity index (χ0n) is 11.3. The van der Waals surface area contributed by atoms with Crippen molar-refractivity contribution in [3.8, 4) is 5.75 Å². The average molecular weight is 259 g/mol. The fourth-order valence-electron chi connectivity index (χ4n) is 1.80. The Morgan fingerprint density at radius 2 is 2.21 bits per heavy atom. The highest BCUT2D eigenvalue weighted by molar-refractivity contribution is 6.00. The van der Waals surface area contributed by atoms with Crippen LogP contribution in [0.15, 0.2) is 35.6 Å². The van der Waals surface area contributed by atoms with E-state index in [2.05, 4.69) is 10.3 Å². The van der Waals surface area contributed by atoms with Gasteiger partial charge in [-0.2, -0.15) is 5.10 Å². The van der Waals surface area contributed by atoms with Crippen LogP contribution in [-0.4, -0.2) is 20.7 Å². The van der Waals surface area contributed by atoms with E-state index in [-0.39, 0.29) is 0 Å². The maximum absolute atomic E-state index is 8.91. The van der Waals surface area contributed by atoms with Crippen LogP contribution in [-0.2, 0) is 13.7 Å². The lowest BCUT2D eigenvalue weighted by Gasteiger charge is -2.10. The number of benzene rings is 1. The quantitative estimate of drug-likeness (QED) is 0.521. The van der Waals surface area contributed by atoms with E-state index >= 15 is 0 Å².